The number of hydrogen-bond acceptors (Lipinski definition) is 7. The van der Waals surface area contributed by atoms with Gasteiger partial charge in [-0.05, 0) is 25.8 Å². The van der Waals surface area contributed by atoms with Gasteiger partial charge in [0.05, 0.1) is 7.11 Å². The first-order valence-electron chi connectivity index (χ1n) is 8.80. The molecular formula is C18H20N8O. The van der Waals surface area contributed by atoms with E-state index in [0.29, 0.717) is 17.6 Å². The number of fused-ring (bicyclic) bond motifs is 2. The molecule has 138 valence electrons. The molecule has 0 amide bonds. The van der Waals surface area contributed by atoms with E-state index >= 15 is 0 Å². The highest BCUT2D eigenvalue weighted by Crippen LogP contribution is 2.33. The molecule has 1 saturated carbocycles. The quantitative estimate of drug-likeness (QED) is 0.568. The zero-order valence-electron chi connectivity index (χ0n) is 15.1. The molecule has 9 nitrogen and oxygen atoms in total. The standard InChI is InChI=1S/C18H20N8O/c1-18(19)7-12(8-18)22-16-23-15(27-2)14-13(3-5-26(14)24-16)11-9-21-17-20-4-6-25(17)10-11/h3-6,9-10,12H,7-8,19H2,1-2H3,(H,22,24). The lowest BCUT2D eigenvalue weighted by molar-refractivity contribution is 0.247. The van der Waals surface area contributed by atoms with E-state index < -0.39 is 0 Å². The van der Waals surface area contributed by atoms with Gasteiger partial charge in [-0.1, -0.05) is 0 Å². The van der Waals surface area contributed by atoms with Gasteiger partial charge in [0.15, 0.2) is 0 Å². The number of rotatable bonds is 4. The van der Waals surface area contributed by atoms with Crippen LogP contribution in [-0.2, 0) is 0 Å². The monoisotopic (exact) mass is 364 g/mol. The summed E-state index contributed by atoms with van der Waals surface area (Å²) in [6.07, 6.45) is 11.0. The first-order chi connectivity index (χ1) is 13.0. The molecule has 0 spiro atoms. The highest BCUT2D eigenvalue weighted by molar-refractivity contribution is 5.84. The van der Waals surface area contributed by atoms with Crippen LogP contribution in [0.3, 0.4) is 0 Å². The minimum atomic E-state index is -0.106. The van der Waals surface area contributed by atoms with Crippen molar-refractivity contribution in [3.8, 4) is 17.0 Å². The van der Waals surface area contributed by atoms with Crippen LogP contribution in [0.2, 0.25) is 0 Å². The lowest BCUT2D eigenvalue weighted by Crippen LogP contribution is -2.54. The summed E-state index contributed by atoms with van der Waals surface area (Å²) in [4.78, 5) is 13.1. The van der Waals surface area contributed by atoms with Gasteiger partial charge in [-0.2, -0.15) is 4.98 Å². The summed E-state index contributed by atoms with van der Waals surface area (Å²) < 4.78 is 9.22. The van der Waals surface area contributed by atoms with E-state index in [-0.39, 0.29) is 11.6 Å². The van der Waals surface area contributed by atoms with Gasteiger partial charge in [0.1, 0.15) is 5.52 Å². The summed E-state index contributed by atoms with van der Waals surface area (Å²) in [5.74, 6) is 1.70. The van der Waals surface area contributed by atoms with Crippen LogP contribution < -0.4 is 15.8 Å². The Balaban J connectivity index is 1.55. The summed E-state index contributed by atoms with van der Waals surface area (Å²) in [6.45, 7) is 2.05. The maximum atomic E-state index is 6.09. The molecule has 0 atom stereocenters. The zero-order valence-corrected chi connectivity index (χ0v) is 15.1. The average Bonchev–Trinajstić information content (AvgIpc) is 3.25. The Labute approximate surface area is 155 Å². The van der Waals surface area contributed by atoms with Gasteiger partial charge in [0.25, 0.3) is 0 Å². The smallest absolute Gasteiger partial charge is 0.244 e. The number of hydrogen-bond donors (Lipinski definition) is 2. The van der Waals surface area contributed by atoms with Crippen molar-refractivity contribution in [2.75, 3.05) is 12.4 Å². The van der Waals surface area contributed by atoms with E-state index in [1.165, 1.54) is 0 Å². The number of nitrogens with one attached hydrogen (secondary N) is 1. The Morgan fingerprint density at radius 3 is 2.93 bits per heavy atom. The van der Waals surface area contributed by atoms with Gasteiger partial charge in [-0.3, -0.25) is 4.40 Å². The molecule has 0 aromatic carbocycles. The fraction of sp³-hybridized carbons (Fsp3) is 0.333. The fourth-order valence-electron chi connectivity index (χ4n) is 3.73. The van der Waals surface area contributed by atoms with E-state index in [4.69, 9.17) is 10.5 Å². The molecule has 5 rings (SSSR count). The third-order valence-corrected chi connectivity index (χ3v) is 4.99. The second kappa shape index (κ2) is 5.65. The predicted molar refractivity (Wildman–Crippen MR) is 101 cm³/mol. The molecule has 0 radical (unpaired) electrons. The normalized spacial score (nSPS) is 22.1. The Kier molecular flexibility index (Phi) is 3.35. The van der Waals surface area contributed by atoms with Gasteiger partial charge < -0.3 is 15.8 Å². The molecule has 4 aromatic rings. The van der Waals surface area contributed by atoms with Crippen LogP contribution in [0, 0.1) is 0 Å². The number of imidazole rings is 1. The summed E-state index contributed by atoms with van der Waals surface area (Å²) >= 11 is 0. The number of anilines is 1. The maximum absolute atomic E-state index is 6.09. The summed E-state index contributed by atoms with van der Waals surface area (Å²) in [5.41, 5.74) is 8.65. The predicted octanol–water partition coefficient (Wildman–Crippen LogP) is 1.74. The van der Waals surface area contributed by atoms with Gasteiger partial charge in [-0.15, -0.1) is 5.10 Å². The number of ether oxygens (including phenoxy) is 1. The summed E-state index contributed by atoms with van der Waals surface area (Å²) in [6, 6.07) is 2.26. The minimum Gasteiger partial charge on any atom is -0.479 e. The molecule has 0 bridgehead atoms. The molecule has 0 saturated heterocycles. The third-order valence-electron chi connectivity index (χ3n) is 4.99. The van der Waals surface area contributed by atoms with Crippen LogP contribution in [-0.4, -0.2) is 47.7 Å². The van der Waals surface area contributed by atoms with E-state index in [2.05, 4.69) is 32.3 Å². The van der Waals surface area contributed by atoms with Crippen molar-refractivity contribution in [3.05, 3.63) is 37.1 Å². The molecule has 0 unspecified atom stereocenters. The van der Waals surface area contributed by atoms with Crippen molar-refractivity contribution in [1.82, 2.24) is 29.0 Å². The van der Waals surface area contributed by atoms with Crippen LogP contribution in [0.1, 0.15) is 19.8 Å². The van der Waals surface area contributed by atoms with E-state index in [0.717, 1.165) is 29.5 Å². The first-order valence-corrected chi connectivity index (χ1v) is 8.80. The summed E-state index contributed by atoms with van der Waals surface area (Å²) in [7, 11) is 1.61. The van der Waals surface area contributed by atoms with E-state index in [1.807, 2.05) is 29.1 Å². The molecule has 1 aliphatic carbocycles. The topological polar surface area (TPSA) is 108 Å². The minimum absolute atomic E-state index is 0.106. The molecule has 0 aliphatic heterocycles. The Morgan fingerprint density at radius 2 is 2.15 bits per heavy atom. The second-order valence-corrected chi connectivity index (χ2v) is 7.35. The Hall–Kier alpha value is -3.20. The molecule has 9 heteroatoms. The largest absolute Gasteiger partial charge is 0.479 e. The van der Waals surface area contributed by atoms with Crippen LogP contribution in [0.15, 0.2) is 37.1 Å². The molecule has 1 fully saturated rings. The lowest BCUT2D eigenvalue weighted by Gasteiger charge is -2.42. The number of aromatic nitrogens is 6. The molecule has 4 aromatic heterocycles. The van der Waals surface area contributed by atoms with Crippen molar-refractivity contribution in [2.45, 2.75) is 31.3 Å². The first kappa shape index (κ1) is 16.0. The van der Waals surface area contributed by atoms with E-state index in [1.54, 1.807) is 24.0 Å². The van der Waals surface area contributed by atoms with Crippen molar-refractivity contribution in [2.24, 2.45) is 5.73 Å². The second-order valence-electron chi connectivity index (χ2n) is 7.35. The molecule has 3 N–H and O–H groups in total. The number of nitrogens with two attached hydrogens (primary N) is 1. The van der Waals surface area contributed by atoms with Crippen LogP contribution >= 0.6 is 0 Å². The zero-order chi connectivity index (χ0) is 18.6. The summed E-state index contributed by atoms with van der Waals surface area (Å²) in [5, 5.41) is 7.93. The maximum Gasteiger partial charge on any atom is 0.244 e. The highest BCUT2D eigenvalue weighted by Gasteiger charge is 2.37. The molecule has 27 heavy (non-hydrogen) atoms. The van der Waals surface area contributed by atoms with Gasteiger partial charge >= 0.3 is 0 Å². The molecule has 1 aliphatic rings. The highest BCUT2D eigenvalue weighted by atomic mass is 16.5. The van der Waals surface area contributed by atoms with Crippen molar-refractivity contribution in [1.29, 1.82) is 0 Å². The third kappa shape index (κ3) is 2.67. The van der Waals surface area contributed by atoms with Crippen LogP contribution in [0.25, 0.3) is 22.4 Å². The SMILES string of the molecule is COc1nc(NC2CC(C)(N)C2)nn2ccc(-c3cnc4nccn4c3)c12. The van der Waals surface area contributed by atoms with Crippen LogP contribution in [0.4, 0.5) is 5.95 Å². The average molecular weight is 364 g/mol. The Morgan fingerprint density at radius 1 is 1.30 bits per heavy atom. The number of methoxy groups -OCH3 is 1. The Bertz CT molecular complexity index is 1140. The number of nitrogens with zero attached hydrogens (tertiary/aromatic N) is 6. The van der Waals surface area contributed by atoms with Gasteiger partial charge in [0.2, 0.25) is 17.6 Å². The van der Waals surface area contributed by atoms with Crippen LogP contribution in [0.5, 0.6) is 5.88 Å². The van der Waals surface area contributed by atoms with Crippen molar-refractivity contribution >= 4 is 17.2 Å². The van der Waals surface area contributed by atoms with Crippen molar-refractivity contribution in [3.63, 3.8) is 0 Å². The fourth-order valence-corrected chi connectivity index (χ4v) is 3.73. The van der Waals surface area contributed by atoms with Gasteiger partial charge in [-0.25, -0.2) is 14.5 Å². The van der Waals surface area contributed by atoms with E-state index in [9.17, 15) is 0 Å². The van der Waals surface area contributed by atoms with Crippen molar-refractivity contribution < 1.29 is 4.74 Å². The molecule has 4 heterocycles. The lowest BCUT2D eigenvalue weighted by atomic mass is 9.75. The van der Waals surface area contributed by atoms with Gasteiger partial charge in [0, 0.05) is 53.7 Å². The molecular weight excluding hydrogens is 344 g/mol.